The maximum atomic E-state index is 12.5. The van der Waals surface area contributed by atoms with Crippen molar-refractivity contribution in [3.63, 3.8) is 0 Å². The van der Waals surface area contributed by atoms with Gasteiger partial charge in [0.05, 0.1) is 0 Å². The van der Waals surface area contributed by atoms with E-state index in [9.17, 15) is 9.59 Å². The maximum absolute atomic E-state index is 12.5. The van der Waals surface area contributed by atoms with Crippen molar-refractivity contribution < 1.29 is 14.3 Å². The first-order valence-corrected chi connectivity index (χ1v) is 10.4. The van der Waals surface area contributed by atoms with Crippen LogP contribution in [0.3, 0.4) is 0 Å². The van der Waals surface area contributed by atoms with E-state index >= 15 is 0 Å². The van der Waals surface area contributed by atoms with Gasteiger partial charge in [0, 0.05) is 44.7 Å². The molecule has 2 aliphatic carbocycles. The Morgan fingerprint density at radius 3 is 2.59 bits per heavy atom. The minimum absolute atomic E-state index is 0.101. The molecule has 0 N–H and O–H groups in total. The number of hydrogen-bond donors (Lipinski definition) is 0. The van der Waals surface area contributed by atoms with Crippen LogP contribution in [0.4, 0.5) is 0 Å². The Hall–Kier alpha value is -1.46. The average Bonchev–Trinajstić information content (AvgIpc) is 2.83. The molecule has 5 nitrogen and oxygen atoms in total. The standard InChI is InChI=1S/C22H34N2O3/c1-15-5-6-18(13-20-17(3)21(25)14-19(15)20)16(2)22(26)27-12-11-24-9-7-23(4)8-10-24/h15,18-19H,2,5-14H2,1,3-4H3/t15-,18?,19-/m1/s1. The van der Waals surface area contributed by atoms with Gasteiger partial charge in [0.1, 0.15) is 6.61 Å². The molecule has 1 saturated heterocycles. The Labute approximate surface area is 163 Å². The molecule has 3 rings (SSSR count). The second-order valence-corrected chi connectivity index (χ2v) is 8.65. The third-order valence-corrected chi connectivity index (χ3v) is 6.87. The molecule has 1 aliphatic heterocycles. The molecule has 0 bridgehead atoms. The van der Waals surface area contributed by atoms with Gasteiger partial charge in [0.2, 0.25) is 0 Å². The van der Waals surface area contributed by atoms with E-state index in [-0.39, 0.29) is 17.7 Å². The van der Waals surface area contributed by atoms with Gasteiger partial charge in [-0.1, -0.05) is 19.1 Å². The molecule has 1 unspecified atom stereocenters. The van der Waals surface area contributed by atoms with E-state index in [0.29, 0.717) is 30.4 Å². The van der Waals surface area contributed by atoms with Crippen molar-refractivity contribution in [2.24, 2.45) is 17.8 Å². The molecular weight excluding hydrogens is 340 g/mol. The van der Waals surface area contributed by atoms with Crippen molar-refractivity contribution in [3.05, 3.63) is 23.3 Å². The second-order valence-electron chi connectivity index (χ2n) is 8.65. The Balaban J connectivity index is 1.52. The molecule has 0 aromatic carbocycles. The van der Waals surface area contributed by atoms with Crippen LogP contribution in [0.5, 0.6) is 0 Å². The number of allylic oxidation sites excluding steroid dienone is 2. The zero-order chi connectivity index (χ0) is 19.6. The molecule has 0 radical (unpaired) electrons. The minimum Gasteiger partial charge on any atom is -0.461 e. The third-order valence-electron chi connectivity index (χ3n) is 6.87. The number of nitrogens with zero attached hydrogens (tertiary/aromatic N) is 2. The fourth-order valence-electron chi connectivity index (χ4n) is 4.71. The molecule has 2 fully saturated rings. The topological polar surface area (TPSA) is 49.9 Å². The zero-order valence-electron chi connectivity index (χ0n) is 17.1. The van der Waals surface area contributed by atoms with Gasteiger partial charge in [-0.25, -0.2) is 4.79 Å². The van der Waals surface area contributed by atoms with Crippen molar-refractivity contribution in [2.45, 2.75) is 39.5 Å². The molecule has 150 valence electrons. The van der Waals surface area contributed by atoms with Gasteiger partial charge in [-0.2, -0.15) is 0 Å². The molecule has 0 spiro atoms. The van der Waals surface area contributed by atoms with E-state index in [1.54, 1.807) is 0 Å². The highest BCUT2D eigenvalue weighted by atomic mass is 16.5. The van der Waals surface area contributed by atoms with Gasteiger partial charge in [-0.05, 0) is 56.6 Å². The third kappa shape index (κ3) is 4.69. The van der Waals surface area contributed by atoms with Crippen LogP contribution >= 0.6 is 0 Å². The highest BCUT2D eigenvalue weighted by molar-refractivity contribution is 5.98. The molecule has 5 heteroatoms. The molecule has 0 aromatic heterocycles. The molecule has 27 heavy (non-hydrogen) atoms. The number of carbonyl (C=O) groups excluding carboxylic acids is 2. The monoisotopic (exact) mass is 374 g/mol. The lowest BCUT2D eigenvalue weighted by atomic mass is 9.86. The fourth-order valence-corrected chi connectivity index (χ4v) is 4.71. The smallest absolute Gasteiger partial charge is 0.333 e. The molecular formula is C22H34N2O3. The highest BCUT2D eigenvalue weighted by Gasteiger charge is 2.38. The first kappa shape index (κ1) is 20.3. The number of rotatable bonds is 5. The number of carbonyl (C=O) groups is 2. The van der Waals surface area contributed by atoms with E-state index in [1.807, 2.05) is 6.92 Å². The summed E-state index contributed by atoms with van der Waals surface area (Å²) >= 11 is 0. The van der Waals surface area contributed by atoms with Gasteiger partial charge >= 0.3 is 5.97 Å². The summed E-state index contributed by atoms with van der Waals surface area (Å²) in [4.78, 5) is 29.3. The first-order valence-electron chi connectivity index (χ1n) is 10.4. The minimum atomic E-state index is -0.261. The number of fused-ring (bicyclic) bond motifs is 1. The van der Waals surface area contributed by atoms with Gasteiger partial charge in [-0.3, -0.25) is 9.69 Å². The number of ether oxygens (including phenoxy) is 1. The number of esters is 1. The molecule has 1 heterocycles. The van der Waals surface area contributed by atoms with E-state index in [1.165, 1.54) is 5.57 Å². The lowest BCUT2D eigenvalue weighted by Crippen LogP contribution is -2.45. The van der Waals surface area contributed by atoms with Crippen LogP contribution in [0.2, 0.25) is 0 Å². The SMILES string of the molecule is C=C(C(=O)OCCN1CCN(C)CC1)C1CC[C@@H](C)[C@H]2CC(=O)C(C)=C2C1. The van der Waals surface area contributed by atoms with Gasteiger partial charge in [-0.15, -0.1) is 0 Å². The summed E-state index contributed by atoms with van der Waals surface area (Å²) < 4.78 is 5.54. The van der Waals surface area contributed by atoms with Crippen molar-refractivity contribution in [1.29, 1.82) is 0 Å². The lowest BCUT2D eigenvalue weighted by Gasteiger charge is -2.32. The molecule has 3 aliphatic rings. The highest BCUT2D eigenvalue weighted by Crippen LogP contribution is 2.45. The summed E-state index contributed by atoms with van der Waals surface area (Å²) in [7, 11) is 2.13. The summed E-state index contributed by atoms with van der Waals surface area (Å²) in [6.07, 6.45) is 3.43. The number of likely N-dealkylation sites (N-methyl/N-ethyl adjacent to an activating group) is 1. The molecule has 0 amide bonds. The van der Waals surface area contributed by atoms with E-state index in [4.69, 9.17) is 4.74 Å². The van der Waals surface area contributed by atoms with Crippen LogP contribution in [0, 0.1) is 17.8 Å². The molecule has 3 atom stereocenters. The number of ketones is 1. The average molecular weight is 375 g/mol. The second kappa shape index (κ2) is 8.70. The van der Waals surface area contributed by atoms with Gasteiger partial charge in [0.15, 0.2) is 5.78 Å². The van der Waals surface area contributed by atoms with Crippen LogP contribution in [0.15, 0.2) is 23.3 Å². The van der Waals surface area contributed by atoms with Gasteiger partial charge in [0.25, 0.3) is 0 Å². The Morgan fingerprint density at radius 2 is 1.89 bits per heavy atom. The lowest BCUT2D eigenvalue weighted by molar-refractivity contribution is -0.140. The van der Waals surface area contributed by atoms with Crippen molar-refractivity contribution >= 4 is 11.8 Å². The first-order chi connectivity index (χ1) is 12.9. The summed E-state index contributed by atoms with van der Waals surface area (Å²) in [5.41, 5.74) is 2.78. The van der Waals surface area contributed by atoms with E-state index in [0.717, 1.165) is 57.6 Å². The van der Waals surface area contributed by atoms with Crippen LogP contribution < -0.4 is 0 Å². The number of hydrogen-bond acceptors (Lipinski definition) is 5. The maximum Gasteiger partial charge on any atom is 0.333 e. The predicted molar refractivity (Wildman–Crippen MR) is 106 cm³/mol. The van der Waals surface area contributed by atoms with Crippen LogP contribution in [0.1, 0.15) is 39.5 Å². The Bertz CT molecular complexity index is 631. The van der Waals surface area contributed by atoms with Crippen molar-refractivity contribution in [3.8, 4) is 0 Å². The Kier molecular flexibility index (Phi) is 6.53. The molecule has 0 aromatic rings. The molecule has 1 saturated carbocycles. The van der Waals surface area contributed by atoms with Crippen LogP contribution in [-0.4, -0.2) is 67.9 Å². The number of piperazine rings is 1. The summed E-state index contributed by atoms with van der Waals surface area (Å²) in [6.45, 7) is 13.6. The zero-order valence-corrected chi connectivity index (χ0v) is 17.1. The predicted octanol–water partition coefficient (Wildman–Crippen LogP) is 2.67. The van der Waals surface area contributed by atoms with E-state index < -0.39 is 0 Å². The fraction of sp³-hybridized carbons (Fsp3) is 0.727. The summed E-state index contributed by atoms with van der Waals surface area (Å²) in [5, 5.41) is 0. The van der Waals surface area contributed by atoms with E-state index in [2.05, 4.69) is 30.4 Å². The largest absolute Gasteiger partial charge is 0.461 e. The van der Waals surface area contributed by atoms with Crippen molar-refractivity contribution in [2.75, 3.05) is 46.4 Å². The number of Topliss-reactive ketones (excluding diaryl/α,β-unsaturated/α-hetero) is 1. The van der Waals surface area contributed by atoms with Crippen LogP contribution in [0.25, 0.3) is 0 Å². The summed E-state index contributed by atoms with van der Waals surface area (Å²) in [6, 6.07) is 0. The quantitative estimate of drug-likeness (QED) is 0.547. The van der Waals surface area contributed by atoms with Gasteiger partial charge < -0.3 is 9.64 Å². The summed E-state index contributed by atoms with van der Waals surface area (Å²) in [5.74, 6) is 0.978. The van der Waals surface area contributed by atoms with Crippen LogP contribution in [-0.2, 0) is 14.3 Å². The van der Waals surface area contributed by atoms with Crippen molar-refractivity contribution in [1.82, 2.24) is 9.80 Å². The Morgan fingerprint density at radius 1 is 1.19 bits per heavy atom. The normalized spacial score (nSPS) is 30.2.